The van der Waals surface area contributed by atoms with Gasteiger partial charge in [-0.25, -0.2) is 4.79 Å². The highest BCUT2D eigenvalue weighted by molar-refractivity contribution is 14.1. The molecule has 0 aromatic heterocycles. The summed E-state index contributed by atoms with van der Waals surface area (Å²) in [5, 5.41) is 0. The summed E-state index contributed by atoms with van der Waals surface area (Å²) < 4.78 is 6.95. The molecular weight excluding hydrogens is 221 g/mol. The second-order valence-electron chi connectivity index (χ2n) is 1.55. The Bertz CT molecular complexity index is 84.1. The number of hydrogen-bond donors (Lipinski definition) is 1. The molecule has 0 fully saturated rings. The van der Waals surface area contributed by atoms with Crippen LogP contribution >= 0.6 is 22.9 Å². The highest BCUT2D eigenvalue weighted by atomic mass is 127. The smallest absolute Gasteiger partial charge is 0.416 e. The normalized spacial score (nSPS) is 9.00. The first kappa shape index (κ1) is 8.00. The minimum Gasteiger partial charge on any atom is -0.446 e. The minimum absolute atomic E-state index is 0.0373. The number of nitrogens with one attached hydrogen (secondary N) is 1. The summed E-state index contributed by atoms with van der Waals surface area (Å²) in [5.41, 5.74) is 0. The summed E-state index contributed by atoms with van der Waals surface area (Å²) in [7, 11) is 0. The van der Waals surface area contributed by atoms with Gasteiger partial charge >= 0.3 is 6.09 Å². The minimum atomic E-state index is -0.388. The van der Waals surface area contributed by atoms with Crippen molar-refractivity contribution in [2.75, 3.05) is 0 Å². The lowest BCUT2D eigenvalue weighted by Gasteiger charge is -2.04. The fourth-order valence-electron chi connectivity index (χ4n) is 0.236. The molecule has 1 N–H and O–H groups in total. The van der Waals surface area contributed by atoms with Gasteiger partial charge in [0.1, 0.15) is 0 Å². The fourth-order valence-corrected chi connectivity index (χ4v) is 0.363. The highest BCUT2D eigenvalue weighted by Crippen LogP contribution is 1.88. The Morgan fingerprint density at radius 2 is 2.25 bits per heavy atom. The first-order valence-electron chi connectivity index (χ1n) is 2.24. The average molecular weight is 229 g/mol. The Balaban J connectivity index is 3.25. The molecule has 0 heterocycles. The van der Waals surface area contributed by atoms with Crippen molar-refractivity contribution < 1.29 is 9.53 Å². The quantitative estimate of drug-likeness (QED) is 0.546. The summed E-state index contributed by atoms with van der Waals surface area (Å²) in [6, 6.07) is 0. The van der Waals surface area contributed by atoms with Crippen LogP contribution in [-0.2, 0) is 4.74 Å². The summed E-state index contributed by atoms with van der Waals surface area (Å²) in [5.74, 6) is 0. The van der Waals surface area contributed by atoms with Crippen molar-refractivity contribution in [2.24, 2.45) is 0 Å². The third kappa shape index (κ3) is 4.17. The number of ether oxygens (including phenoxy) is 1. The second-order valence-corrected chi connectivity index (χ2v) is 2.09. The van der Waals surface area contributed by atoms with Gasteiger partial charge in [0.25, 0.3) is 0 Å². The van der Waals surface area contributed by atoms with Crippen LogP contribution in [0.15, 0.2) is 0 Å². The van der Waals surface area contributed by atoms with Gasteiger partial charge in [0, 0.05) is 0 Å². The predicted molar refractivity (Wildman–Crippen MR) is 38.8 cm³/mol. The molecule has 0 aliphatic heterocycles. The van der Waals surface area contributed by atoms with Gasteiger partial charge in [-0.3, -0.25) is 3.53 Å². The summed E-state index contributed by atoms with van der Waals surface area (Å²) in [6.45, 7) is 3.60. The molecule has 4 heteroatoms. The van der Waals surface area contributed by atoms with Crippen LogP contribution in [0, 0.1) is 0 Å². The van der Waals surface area contributed by atoms with Gasteiger partial charge in [-0.05, 0) is 13.8 Å². The molecule has 0 saturated carbocycles. The lowest BCUT2D eigenvalue weighted by atomic mass is 10.5. The van der Waals surface area contributed by atoms with E-state index in [0.717, 1.165) is 0 Å². The molecule has 0 unspecified atom stereocenters. The van der Waals surface area contributed by atoms with Crippen molar-refractivity contribution in [1.29, 1.82) is 0 Å². The Kier molecular flexibility index (Phi) is 3.94. The molecule has 0 bridgehead atoms. The molecule has 48 valence electrons. The maximum absolute atomic E-state index is 10.3. The van der Waals surface area contributed by atoms with E-state index >= 15 is 0 Å². The number of rotatable bonds is 1. The monoisotopic (exact) mass is 229 g/mol. The Morgan fingerprint density at radius 1 is 1.75 bits per heavy atom. The Labute approximate surface area is 62.3 Å². The van der Waals surface area contributed by atoms with E-state index in [1.165, 1.54) is 0 Å². The van der Waals surface area contributed by atoms with E-state index in [2.05, 4.69) is 8.27 Å². The molecule has 0 radical (unpaired) electrons. The molecule has 3 nitrogen and oxygen atoms in total. The third-order valence-corrected chi connectivity index (χ3v) is 0.860. The van der Waals surface area contributed by atoms with E-state index in [9.17, 15) is 4.79 Å². The van der Waals surface area contributed by atoms with E-state index in [1.54, 1.807) is 36.7 Å². The van der Waals surface area contributed by atoms with Crippen molar-refractivity contribution in [3.05, 3.63) is 0 Å². The molecule has 0 aliphatic carbocycles. The van der Waals surface area contributed by atoms with E-state index in [1.807, 2.05) is 0 Å². The molecular formula is C4H8INO2. The van der Waals surface area contributed by atoms with Crippen molar-refractivity contribution >= 4 is 29.0 Å². The van der Waals surface area contributed by atoms with Crippen molar-refractivity contribution in [3.63, 3.8) is 0 Å². The van der Waals surface area contributed by atoms with E-state index in [4.69, 9.17) is 0 Å². The Morgan fingerprint density at radius 3 is 2.38 bits per heavy atom. The van der Waals surface area contributed by atoms with Crippen molar-refractivity contribution in [2.45, 2.75) is 20.0 Å². The average Bonchev–Trinajstić information content (AvgIpc) is 1.65. The summed E-state index contributed by atoms with van der Waals surface area (Å²) in [6.07, 6.45) is -0.426. The number of halogens is 1. The maximum Gasteiger partial charge on any atom is 0.416 e. The van der Waals surface area contributed by atoms with Crippen LogP contribution < -0.4 is 3.53 Å². The number of hydrogen-bond acceptors (Lipinski definition) is 2. The van der Waals surface area contributed by atoms with Crippen molar-refractivity contribution in [3.8, 4) is 0 Å². The lowest BCUT2D eigenvalue weighted by molar-refractivity contribution is 0.123. The molecule has 8 heavy (non-hydrogen) atoms. The van der Waals surface area contributed by atoms with Gasteiger partial charge in [0.15, 0.2) is 0 Å². The molecule has 1 amide bonds. The van der Waals surface area contributed by atoms with E-state index < -0.39 is 0 Å². The van der Waals surface area contributed by atoms with Gasteiger partial charge in [0.2, 0.25) is 0 Å². The maximum atomic E-state index is 10.3. The third-order valence-electron chi connectivity index (χ3n) is 0.420. The summed E-state index contributed by atoms with van der Waals surface area (Å²) >= 11 is 1.72. The number of carbonyl (C=O) groups excluding carboxylic acids is 1. The second kappa shape index (κ2) is 3.94. The topological polar surface area (TPSA) is 38.3 Å². The zero-order valence-electron chi connectivity index (χ0n) is 4.77. The first-order valence-corrected chi connectivity index (χ1v) is 3.32. The van der Waals surface area contributed by atoms with Gasteiger partial charge in [-0.1, -0.05) is 0 Å². The van der Waals surface area contributed by atoms with Crippen LogP contribution in [0.2, 0.25) is 0 Å². The van der Waals surface area contributed by atoms with Crippen LogP contribution in [0.5, 0.6) is 0 Å². The van der Waals surface area contributed by atoms with Gasteiger partial charge in [-0.15, -0.1) is 0 Å². The van der Waals surface area contributed by atoms with Crippen molar-refractivity contribution in [1.82, 2.24) is 3.53 Å². The number of amides is 1. The standard InChI is InChI=1S/C4H8INO2/c1-3(2)8-4(7)6-5/h3H,1-2H3,(H,6,7). The molecule has 0 rings (SSSR count). The van der Waals surface area contributed by atoms with Crippen LogP contribution in [0.1, 0.15) is 13.8 Å². The number of carbonyl (C=O) groups is 1. The van der Waals surface area contributed by atoms with E-state index in [-0.39, 0.29) is 12.2 Å². The molecule has 0 aromatic rings. The van der Waals surface area contributed by atoms with Gasteiger partial charge in [-0.2, -0.15) is 0 Å². The van der Waals surface area contributed by atoms with Gasteiger partial charge < -0.3 is 4.74 Å². The molecule has 0 aliphatic rings. The zero-order chi connectivity index (χ0) is 6.57. The highest BCUT2D eigenvalue weighted by Gasteiger charge is 1.99. The SMILES string of the molecule is CC(C)OC(=O)NI. The first-order chi connectivity index (χ1) is 3.66. The van der Waals surface area contributed by atoms with Crippen LogP contribution in [-0.4, -0.2) is 12.2 Å². The molecule has 0 atom stereocenters. The fraction of sp³-hybridized carbons (Fsp3) is 0.750. The molecule has 0 aromatic carbocycles. The zero-order valence-corrected chi connectivity index (χ0v) is 6.93. The van der Waals surface area contributed by atoms with Crippen LogP contribution in [0.4, 0.5) is 4.79 Å². The predicted octanol–water partition coefficient (Wildman–Crippen LogP) is 1.47. The van der Waals surface area contributed by atoms with Crippen LogP contribution in [0.25, 0.3) is 0 Å². The molecule has 0 spiro atoms. The molecule has 0 saturated heterocycles. The van der Waals surface area contributed by atoms with E-state index in [0.29, 0.717) is 0 Å². The largest absolute Gasteiger partial charge is 0.446 e. The van der Waals surface area contributed by atoms with Crippen LogP contribution in [0.3, 0.4) is 0 Å². The Hall–Kier alpha value is 0. The van der Waals surface area contributed by atoms with Gasteiger partial charge in [0.05, 0.1) is 29.0 Å². The lowest BCUT2D eigenvalue weighted by Crippen LogP contribution is -2.17. The summed E-state index contributed by atoms with van der Waals surface area (Å²) in [4.78, 5) is 10.3.